The number of aromatic hydroxyl groups is 1. The smallest absolute Gasteiger partial charge is 0.410 e. The summed E-state index contributed by atoms with van der Waals surface area (Å²) in [5, 5.41) is 23.0. The maximum Gasteiger partial charge on any atom is 0.410 e. The number of rotatable bonds is 4. The number of piperidine rings is 1. The lowest BCUT2D eigenvalue weighted by Crippen LogP contribution is -2.42. The number of para-hydroxylation sites is 1. The fourth-order valence-electron chi connectivity index (χ4n) is 4.26. The summed E-state index contributed by atoms with van der Waals surface area (Å²) in [7, 11) is 0. The van der Waals surface area contributed by atoms with Crippen LogP contribution in [0.25, 0.3) is 22.4 Å². The van der Waals surface area contributed by atoms with E-state index in [0.29, 0.717) is 41.6 Å². The molecular formula is C25H32N6O3. The zero-order chi connectivity index (χ0) is 24.5. The van der Waals surface area contributed by atoms with E-state index in [-0.39, 0.29) is 17.9 Å². The average Bonchev–Trinajstić information content (AvgIpc) is 3.28. The number of nitrogens with zero attached hydrogens (tertiary/aromatic N) is 5. The van der Waals surface area contributed by atoms with E-state index in [1.165, 1.54) is 0 Å². The molecule has 2 aromatic heterocycles. The molecule has 3 heterocycles. The van der Waals surface area contributed by atoms with Crippen molar-refractivity contribution in [1.82, 2.24) is 24.9 Å². The molecule has 0 unspecified atom stereocenters. The number of hydrogen-bond acceptors (Lipinski definition) is 7. The molecule has 1 saturated heterocycles. The molecule has 1 atom stereocenters. The van der Waals surface area contributed by atoms with E-state index in [1.807, 2.05) is 43.8 Å². The van der Waals surface area contributed by atoms with Crippen molar-refractivity contribution in [3.05, 3.63) is 42.7 Å². The number of nitrogens with two attached hydrogens (primary N) is 1. The van der Waals surface area contributed by atoms with Gasteiger partial charge in [0.2, 0.25) is 0 Å². The molecule has 0 saturated carbocycles. The summed E-state index contributed by atoms with van der Waals surface area (Å²) < 4.78 is 7.45. The number of carbonyl (C=O) groups excluding carboxylic acids is 1. The van der Waals surface area contributed by atoms with E-state index < -0.39 is 5.60 Å². The molecular weight excluding hydrogens is 432 g/mol. The molecule has 1 amide bonds. The van der Waals surface area contributed by atoms with Gasteiger partial charge in [0, 0.05) is 36.0 Å². The highest BCUT2D eigenvalue weighted by molar-refractivity contribution is 5.78. The number of anilines is 1. The first-order valence-corrected chi connectivity index (χ1v) is 11.6. The van der Waals surface area contributed by atoms with Gasteiger partial charge in [-0.2, -0.15) is 5.10 Å². The first-order valence-electron chi connectivity index (χ1n) is 11.6. The van der Waals surface area contributed by atoms with E-state index in [2.05, 4.69) is 22.2 Å². The van der Waals surface area contributed by atoms with Crippen LogP contribution in [0.4, 0.5) is 10.6 Å². The van der Waals surface area contributed by atoms with Crippen LogP contribution in [-0.2, 0) is 4.74 Å². The normalized spacial score (nSPS) is 15.8. The van der Waals surface area contributed by atoms with Gasteiger partial charge >= 0.3 is 6.09 Å². The van der Waals surface area contributed by atoms with Gasteiger partial charge in [-0.05, 0) is 64.7 Å². The second kappa shape index (κ2) is 9.32. The molecule has 0 bridgehead atoms. The van der Waals surface area contributed by atoms with Crippen molar-refractivity contribution >= 4 is 11.9 Å². The van der Waals surface area contributed by atoms with Crippen LogP contribution in [0.3, 0.4) is 0 Å². The summed E-state index contributed by atoms with van der Waals surface area (Å²) in [6, 6.07) is 8.97. The molecule has 1 aliphatic heterocycles. The molecule has 0 spiro atoms. The molecule has 3 N–H and O–H groups in total. The zero-order valence-electron chi connectivity index (χ0n) is 20.1. The van der Waals surface area contributed by atoms with Crippen LogP contribution >= 0.6 is 0 Å². The highest BCUT2D eigenvalue weighted by atomic mass is 16.6. The molecule has 1 aliphatic rings. The van der Waals surface area contributed by atoms with Gasteiger partial charge in [0.15, 0.2) is 5.82 Å². The summed E-state index contributed by atoms with van der Waals surface area (Å²) in [6.45, 7) is 9.13. The second-order valence-corrected chi connectivity index (χ2v) is 9.80. The monoisotopic (exact) mass is 464 g/mol. The Kier molecular flexibility index (Phi) is 6.45. The van der Waals surface area contributed by atoms with Crippen molar-refractivity contribution in [3.8, 4) is 28.1 Å². The second-order valence-electron chi connectivity index (χ2n) is 9.80. The molecule has 34 heavy (non-hydrogen) atoms. The molecule has 9 nitrogen and oxygen atoms in total. The molecule has 1 aromatic carbocycles. The van der Waals surface area contributed by atoms with Crippen LogP contribution < -0.4 is 5.73 Å². The molecule has 180 valence electrons. The van der Waals surface area contributed by atoms with Gasteiger partial charge in [-0.15, -0.1) is 10.2 Å². The Hall–Kier alpha value is -3.62. The van der Waals surface area contributed by atoms with E-state index >= 15 is 0 Å². The van der Waals surface area contributed by atoms with Crippen molar-refractivity contribution in [3.63, 3.8) is 0 Å². The standard InChI is InChI=1S/C25H32N6O3/c1-16(17-9-11-30(12-10-17)24(33)34-25(2,3)4)31-15-18(14-27-31)20-13-21(28-29-23(20)26)19-7-5-6-8-22(19)32/h5-8,13-17,32H,9-12H2,1-4H3,(H2,26,29)/t16-/m1/s1. The quantitative estimate of drug-likeness (QED) is 0.583. The third kappa shape index (κ3) is 5.13. The van der Waals surface area contributed by atoms with E-state index in [4.69, 9.17) is 10.5 Å². The highest BCUT2D eigenvalue weighted by Gasteiger charge is 2.30. The van der Waals surface area contributed by atoms with Crippen LogP contribution in [0.2, 0.25) is 0 Å². The third-order valence-electron chi connectivity index (χ3n) is 6.21. The number of likely N-dealkylation sites (tertiary alicyclic amines) is 1. The van der Waals surface area contributed by atoms with Crippen molar-refractivity contribution < 1.29 is 14.6 Å². The molecule has 9 heteroatoms. The first-order chi connectivity index (χ1) is 16.1. The third-order valence-corrected chi connectivity index (χ3v) is 6.21. The zero-order valence-corrected chi connectivity index (χ0v) is 20.1. The number of aromatic nitrogens is 4. The number of ether oxygens (including phenoxy) is 1. The minimum atomic E-state index is -0.491. The first kappa shape index (κ1) is 23.5. The summed E-state index contributed by atoms with van der Waals surface area (Å²) in [5.74, 6) is 0.822. The van der Waals surface area contributed by atoms with Crippen molar-refractivity contribution in [1.29, 1.82) is 0 Å². The summed E-state index contributed by atoms with van der Waals surface area (Å²) in [6.07, 6.45) is 5.25. The lowest BCUT2D eigenvalue weighted by Gasteiger charge is -2.35. The van der Waals surface area contributed by atoms with Crippen molar-refractivity contribution in [2.45, 2.75) is 52.2 Å². The topological polar surface area (TPSA) is 119 Å². The number of nitrogen functional groups attached to an aromatic ring is 1. The Labute approximate surface area is 199 Å². The molecule has 4 rings (SSSR count). The molecule has 0 aliphatic carbocycles. The maximum atomic E-state index is 12.4. The minimum Gasteiger partial charge on any atom is -0.507 e. The fourth-order valence-corrected chi connectivity index (χ4v) is 4.26. The Morgan fingerprint density at radius 3 is 2.56 bits per heavy atom. The predicted molar refractivity (Wildman–Crippen MR) is 130 cm³/mol. The SMILES string of the molecule is C[C@H](C1CCN(C(=O)OC(C)(C)C)CC1)n1cc(-c2cc(-c3ccccc3O)nnc2N)cn1. The lowest BCUT2D eigenvalue weighted by molar-refractivity contribution is 0.0163. The van der Waals surface area contributed by atoms with Crippen LogP contribution in [0.15, 0.2) is 42.7 Å². The number of hydrogen-bond donors (Lipinski definition) is 2. The Balaban J connectivity index is 1.46. The van der Waals surface area contributed by atoms with E-state index in [1.54, 1.807) is 29.3 Å². The Morgan fingerprint density at radius 2 is 1.88 bits per heavy atom. The van der Waals surface area contributed by atoms with Crippen LogP contribution in [0, 0.1) is 5.92 Å². The molecule has 3 aromatic rings. The van der Waals surface area contributed by atoms with Crippen LogP contribution in [-0.4, -0.2) is 54.8 Å². The van der Waals surface area contributed by atoms with E-state index in [0.717, 1.165) is 18.4 Å². The van der Waals surface area contributed by atoms with Crippen molar-refractivity contribution in [2.75, 3.05) is 18.8 Å². The minimum absolute atomic E-state index is 0.134. The summed E-state index contributed by atoms with van der Waals surface area (Å²) in [4.78, 5) is 14.1. The molecule has 0 radical (unpaired) electrons. The molecule has 1 fully saturated rings. The number of amides is 1. The van der Waals surface area contributed by atoms with Crippen LogP contribution in [0.1, 0.15) is 46.6 Å². The number of carbonyl (C=O) groups is 1. The van der Waals surface area contributed by atoms with E-state index in [9.17, 15) is 9.90 Å². The van der Waals surface area contributed by atoms with Gasteiger partial charge in [-0.3, -0.25) is 4.68 Å². The van der Waals surface area contributed by atoms with Gasteiger partial charge in [0.05, 0.1) is 17.9 Å². The Morgan fingerprint density at radius 1 is 1.18 bits per heavy atom. The number of benzene rings is 1. The van der Waals surface area contributed by atoms with Crippen molar-refractivity contribution in [2.24, 2.45) is 5.92 Å². The number of phenolic OH excluding ortho intramolecular Hbond substituents is 1. The Bertz CT molecular complexity index is 1160. The van der Waals surface area contributed by atoms with Gasteiger partial charge in [0.1, 0.15) is 11.4 Å². The van der Waals surface area contributed by atoms with Crippen LogP contribution in [0.5, 0.6) is 5.75 Å². The van der Waals surface area contributed by atoms with Gasteiger partial charge in [-0.1, -0.05) is 12.1 Å². The van der Waals surface area contributed by atoms with Gasteiger partial charge < -0.3 is 20.5 Å². The predicted octanol–water partition coefficient (Wildman–Crippen LogP) is 4.50. The van der Waals surface area contributed by atoms with Gasteiger partial charge in [0.25, 0.3) is 0 Å². The fraction of sp³-hybridized carbons (Fsp3) is 0.440. The van der Waals surface area contributed by atoms with Gasteiger partial charge in [-0.25, -0.2) is 4.79 Å². The number of phenols is 1. The largest absolute Gasteiger partial charge is 0.507 e. The summed E-state index contributed by atoms with van der Waals surface area (Å²) >= 11 is 0. The average molecular weight is 465 g/mol. The maximum absolute atomic E-state index is 12.4. The summed E-state index contributed by atoms with van der Waals surface area (Å²) in [5.41, 5.74) is 8.32. The highest BCUT2D eigenvalue weighted by Crippen LogP contribution is 2.34. The lowest BCUT2D eigenvalue weighted by atomic mass is 9.90.